The summed E-state index contributed by atoms with van der Waals surface area (Å²) in [5, 5.41) is 2.12. The molecule has 0 atom stereocenters. The van der Waals surface area contributed by atoms with Gasteiger partial charge in [0, 0.05) is 41.3 Å². The predicted molar refractivity (Wildman–Crippen MR) is 147 cm³/mol. The van der Waals surface area contributed by atoms with Crippen molar-refractivity contribution < 1.29 is 4.42 Å². The predicted octanol–water partition coefficient (Wildman–Crippen LogP) is 7.83. The van der Waals surface area contributed by atoms with Crippen LogP contribution in [0.3, 0.4) is 0 Å². The maximum Gasteiger partial charge on any atom is 0.227 e. The number of hydrogen-bond acceptors (Lipinski definition) is 5. The van der Waals surface area contributed by atoms with Crippen LogP contribution in [0.5, 0.6) is 0 Å². The van der Waals surface area contributed by atoms with E-state index in [4.69, 9.17) is 9.40 Å². The molecule has 37 heavy (non-hydrogen) atoms. The Labute approximate surface area is 213 Å². The van der Waals surface area contributed by atoms with Crippen LogP contribution in [0.15, 0.2) is 126 Å². The third-order valence-electron chi connectivity index (χ3n) is 6.56. The van der Waals surface area contributed by atoms with Gasteiger partial charge in [-0.25, -0.2) is 15.0 Å². The van der Waals surface area contributed by atoms with Gasteiger partial charge in [-0.3, -0.25) is 4.98 Å². The van der Waals surface area contributed by atoms with Gasteiger partial charge < -0.3 is 4.42 Å². The van der Waals surface area contributed by atoms with Crippen molar-refractivity contribution in [3.8, 4) is 45.1 Å². The highest BCUT2D eigenvalue weighted by Gasteiger charge is 2.13. The van der Waals surface area contributed by atoms with Crippen molar-refractivity contribution in [1.82, 2.24) is 19.9 Å². The van der Waals surface area contributed by atoms with E-state index in [1.165, 1.54) is 0 Å². The number of pyridine rings is 1. The molecule has 4 aromatic carbocycles. The first-order valence-corrected chi connectivity index (χ1v) is 12.0. The summed E-state index contributed by atoms with van der Waals surface area (Å²) in [6.45, 7) is 0. The molecular formula is C32H20N4O. The Morgan fingerprint density at radius 3 is 2.14 bits per heavy atom. The molecule has 0 spiro atoms. The van der Waals surface area contributed by atoms with Crippen molar-refractivity contribution in [2.24, 2.45) is 0 Å². The molecular weight excluding hydrogens is 456 g/mol. The smallest absolute Gasteiger partial charge is 0.227 e. The minimum absolute atomic E-state index is 0.606. The number of rotatable bonds is 4. The summed E-state index contributed by atoms with van der Waals surface area (Å²) < 4.78 is 6.16. The summed E-state index contributed by atoms with van der Waals surface area (Å²) >= 11 is 0. The van der Waals surface area contributed by atoms with Crippen molar-refractivity contribution in [3.05, 3.63) is 122 Å². The second-order valence-electron chi connectivity index (χ2n) is 8.80. The summed E-state index contributed by atoms with van der Waals surface area (Å²) in [6.07, 6.45) is 7.22. The molecule has 0 saturated carbocycles. The lowest BCUT2D eigenvalue weighted by atomic mass is 9.95. The van der Waals surface area contributed by atoms with Crippen molar-refractivity contribution in [1.29, 1.82) is 0 Å². The normalized spacial score (nSPS) is 11.2. The van der Waals surface area contributed by atoms with Crippen LogP contribution < -0.4 is 0 Å². The molecule has 7 aromatic rings. The quantitative estimate of drug-likeness (QED) is 0.259. The van der Waals surface area contributed by atoms with Gasteiger partial charge in [-0.2, -0.15) is 0 Å². The van der Waals surface area contributed by atoms with E-state index in [2.05, 4.69) is 69.5 Å². The molecule has 0 N–H and O–H groups in total. The molecule has 0 saturated heterocycles. The molecule has 0 bridgehead atoms. The molecule has 5 heteroatoms. The maximum atomic E-state index is 6.16. The zero-order chi connectivity index (χ0) is 24.6. The van der Waals surface area contributed by atoms with Crippen LogP contribution >= 0.6 is 0 Å². The second-order valence-corrected chi connectivity index (χ2v) is 8.80. The van der Waals surface area contributed by atoms with E-state index in [9.17, 15) is 0 Å². The van der Waals surface area contributed by atoms with Crippen LogP contribution in [0.25, 0.3) is 67.0 Å². The number of nitrogens with zero attached hydrogens (tertiary/aromatic N) is 4. The molecule has 0 amide bonds. The summed E-state index contributed by atoms with van der Waals surface area (Å²) in [6, 6.07) is 32.7. The molecule has 0 unspecified atom stereocenters. The summed E-state index contributed by atoms with van der Waals surface area (Å²) in [7, 11) is 0. The number of aromatic nitrogens is 4. The van der Waals surface area contributed by atoms with E-state index in [1.54, 1.807) is 18.6 Å². The average Bonchev–Trinajstić information content (AvgIpc) is 3.41. The standard InChI is InChI=1S/C32H20N4O/c1-2-5-21(6-3-1)24-11-14-29-30(19-24)37-32(36-29)23-9-7-22(8-10-23)25-12-13-27(31-34-16-4-17-35-31)26-15-18-33-20-28(25)26/h1-20H. The Hall–Kier alpha value is -5.16. The Balaban J connectivity index is 1.25. The highest BCUT2D eigenvalue weighted by Crippen LogP contribution is 2.35. The lowest BCUT2D eigenvalue weighted by molar-refractivity contribution is 0.620. The van der Waals surface area contributed by atoms with Crippen LogP contribution in [-0.4, -0.2) is 19.9 Å². The minimum Gasteiger partial charge on any atom is -0.436 e. The zero-order valence-electron chi connectivity index (χ0n) is 19.7. The third kappa shape index (κ3) is 3.83. The van der Waals surface area contributed by atoms with Gasteiger partial charge in [-0.05, 0) is 70.1 Å². The fraction of sp³-hybridized carbons (Fsp3) is 0. The first kappa shape index (κ1) is 21.1. The van der Waals surface area contributed by atoms with Crippen LogP contribution in [0, 0.1) is 0 Å². The number of fused-ring (bicyclic) bond motifs is 2. The summed E-state index contributed by atoms with van der Waals surface area (Å²) in [4.78, 5) is 18.0. The monoisotopic (exact) mass is 476 g/mol. The van der Waals surface area contributed by atoms with Gasteiger partial charge in [0.15, 0.2) is 11.4 Å². The Bertz CT molecular complexity index is 1860. The highest BCUT2D eigenvalue weighted by atomic mass is 16.3. The van der Waals surface area contributed by atoms with Crippen LogP contribution in [0.4, 0.5) is 0 Å². The van der Waals surface area contributed by atoms with E-state index in [-0.39, 0.29) is 0 Å². The molecule has 0 aliphatic heterocycles. The topological polar surface area (TPSA) is 64.7 Å². The van der Waals surface area contributed by atoms with Crippen molar-refractivity contribution >= 4 is 21.9 Å². The van der Waals surface area contributed by atoms with Crippen LogP contribution in [0.1, 0.15) is 0 Å². The van der Waals surface area contributed by atoms with E-state index < -0.39 is 0 Å². The van der Waals surface area contributed by atoms with Crippen molar-refractivity contribution in [3.63, 3.8) is 0 Å². The van der Waals surface area contributed by atoms with Crippen molar-refractivity contribution in [2.75, 3.05) is 0 Å². The molecule has 0 fully saturated rings. The van der Waals surface area contributed by atoms with Gasteiger partial charge in [0.2, 0.25) is 5.89 Å². The maximum absolute atomic E-state index is 6.16. The summed E-state index contributed by atoms with van der Waals surface area (Å²) in [5.74, 6) is 1.31. The van der Waals surface area contributed by atoms with Gasteiger partial charge in [-0.15, -0.1) is 0 Å². The summed E-state index contributed by atoms with van der Waals surface area (Å²) in [5.41, 5.74) is 7.97. The lowest BCUT2D eigenvalue weighted by Crippen LogP contribution is -1.91. The fourth-order valence-electron chi connectivity index (χ4n) is 4.73. The molecule has 7 rings (SSSR count). The Morgan fingerprint density at radius 2 is 1.30 bits per heavy atom. The van der Waals surface area contributed by atoms with Crippen molar-refractivity contribution in [2.45, 2.75) is 0 Å². The van der Waals surface area contributed by atoms with Gasteiger partial charge in [0.05, 0.1) is 0 Å². The Kier molecular flexibility index (Phi) is 5.03. The SMILES string of the molecule is c1ccc(-c2ccc3nc(-c4ccc(-c5ccc(-c6ncccn6)c6ccncc56)cc4)oc3c2)cc1. The van der Waals surface area contributed by atoms with E-state index in [0.717, 1.165) is 55.3 Å². The number of benzene rings is 4. The second kappa shape index (κ2) is 8.81. The first-order chi connectivity index (χ1) is 18.3. The van der Waals surface area contributed by atoms with Gasteiger partial charge in [0.25, 0.3) is 0 Å². The lowest BCUT2D eigenvalue weighted by Gasteiger charge is -2.11. The largest absolute Gasteiger partial charge is 0.436 e. The van der Waals surface area contributed by atoms with Crippen LogP contribution in [-0.2, 0) is 0 Å². The van der Waals surface area contributed by atoms with Gasteiger partial charge in [0.1, 0.15) is 5.52 Å². The highest BCUT2D eigenvalue weighted by molar-refractivity contribution is 6.03. The van der Waals surface area contributed by atoms with Gasteiger partial charge >= 0.3 is 0 Å². The molecule has 3 aromatic heterocycles. The third-order valence-corrected chi connectivity index (χ3v) is 6.56. The molecule has 0 radical (unpaired) electrons. The minimum atomic E-state index is 0.606. The molecule has 0 aliphatic rings. The van der Waals surface area contributed by atoms with Gasteiger partial charge in [-0.1, -0.05) is 54.6 Å². The van der Waals surface area contributed by atoms with E-state index >= 15 is 0 Å². The molecule has 5 nitrogen and oxygen atoms in total. The Morgan fingerprint density at radius 1 is 0.541 bits per heavy atom. The fourth-order valence-corrected chi connectivity index (χ4v) is 4.73. The van der Waals surface area contributed by atoms with E-state index in [0.29, 0.717) is 11.7 Å². The number of hydrogen-bond donors (Lipinski definition) is 0. The number of oxazole rings is 1. The molecule has 3 heterocycles. The molecule has 174 valence electrons. The average molecular weight is 477 g/mol. The van der Waals surface area contributed by atoms with Crippen LogP contribution in [0.2, 0.25) is 0 Å². The first-order valence-electron chi connectivity index (χ1n) is 12.0. The zero-order valence-corrected chi connectivity index (χ0v) is 19.7. The molecule has 0 aliphatic carbocycles. The van der Waals surface area contributed by atoms with E-state index in [1.807, 2.05) is 48.7 Å².